The molecule has 1 N–H and O–H groups in total. The van der Waals surface area contributed by atoms with Crippen molar-refractivity contribution in [1.29, 1.82) is 0 Å². The summed E-state index contributed by atoms with van der Waals surface area (Å²) in [7, 11) is 2.02. The fourth-order valence-corrected chi connectivity index (χ4v) is 1.24. The molecule has 0 rings (SSSR count). The van der Waals surface area contributed by atoms with Gasteiger partial charge in [-0.15, -0.1) is 0 Å². The van der Waals surface area contributed by atoms with Gasteiger partial charge in [0.1, 0.15) is 0 Å². The number of nitrogens with one attached hydrogen (secondary N) is 1. The van der Waals surface area contributed by atoms with E-state index in [1.54, 1.807) is 0 Å². The van der Waals surface area contributed by atoms with Crippen LogP contribution >= 0.6 is 45.2 Å². The summed E-state index contributed by atoms with van der Waals surface area (Å²) in [6.07, 6.45) is 2.54. The molecule has 1 atom stereocenters. The second kappa shape index (κ2) is 5.13. The predicted molar refractivity (Wildman–Crippen MR) is 64.2 cm³/mol. The van der Waals surface area contributed by atoms with Gasteiger partial charge in [0, 0.05) is 6.04 Å². The molecule has 0 amide bonds. The highest BCUT2D eigenvalue weighted by Gasteiger charge is 2.15. The highest BCUT2D eigenvalue weighted by atomic mass is 127. The third kappa shape index (κ3) is 7.53. The van der Waals surface area contributed by atoms with Crippen LogP contribution in [0.25, 0.3) is 0 Å². The Morgan fingerprint density at radius 3 is 2.30 bits per heavy atom. The second-order valence-corrected chi connectivity index (χ2v) is 9.62. The highest BCUT2D eigenvalue weighted by Crippen LogP contribution is 2.32. The Labute approximate surface area is 91.0 Å². The van der Waals surface area contributed by atoms with Gasteiger partial charge >= 0.3 is 0 Å². The number of hydrogen-bond acceptors (Lipinski definition) is 1. The van der Waals surface area contributed by atoms with E-state index in [-0.39, 0.29) is 0 Å². The molecule has 62 valence electrons. The molecule has 0 aliphatic carbocycles. The third-order valence-corrected chi connectivity index (χ3v) is 2.59. The van der Waals surface area contributed by atoms with Crippen LogP contribution in [0.15, 0.2) is 0 Å². The summed E-state index contributed by atoms with van der Waals surface area (Å²) < 4.78 is 0.431. The van der Waals surface area contributed by atoms with Gasteiger partial charge in [0.2, 0.25) is 0 Å². The average molecular weight is 367 g/mol. The van der Waals surface area contributed by atoms with Gasteiger partial charge in [-0.25, -0.2) is 0 Å². The topological polar surface area (TPSA) is 12.0 Å². The van der Waals surface area contributed by atoms with Crippen molar-refractivity contribution < 1.29 is 0 Å². The van der Waals surface area contributed by atoms with Crippen molar-refractivity contribution in [2.75, 3.05) is 7.05 Å². The first kappa shape index (κ1) is 11.4. The Hall–Kier alpha value is 1.42. The molecular weight excluding hydrogens is 352 g/mol. The maximum atomic E-state index is 3.23. The molecule has 1 unspecified atom stereocenters. The lowest BCUT2D eigenvalue weighted by atomic mass is 10.1. The molecule has 0 aliphatic rings. The molecule has 0 saturated heterocycles. The summed E-state index contributed by atoms with van der Waals surface area (Å²) in [5, 5.41) is 3.23. The zero-order valence-electron chi connectivity index (χ0n) is 6.75. The molecule has 0 bridgehead atoms. The zero-order chi connectivity index (χ0) is 8.20. The summed E-state index contributed by atoms with van der Waals surface area (Å²) in [6.45, 7) is 4.48. The summed E-state index contributed by atoms with van der Waals surface area (Å²) in [5.41, 5.74) is 0. The fraction of sp³-hybridized carbons (Fsp3) is 1.00. The molecule has 0 aliphatic heterocycles. The van der Waals surface area contributed by atoms with Gasteiger partial charge < -0.3 is 5.32 Å². The van der Waals surface area contributed by atoms with E-state index >= 15 is 0 Å². The summed E-state index contributed by atoms with van der Waals surface area (Å²) in [6, 6.07) is 0.656. The third-order valence-electron chi connectivity index (χ3n) is 1.51. The van der Waals surface area contributed by atoms with E-state index in [4.69, 9.17) is 0 Å². The van der Waals surface area contributed by atoms with Gasteiger partial charge in [0.05, 0.1) is 1.43 Å². The first-order valence-corrected chi connectivity index (χ1v) is 5.66. The number of rotatable bonds is 4. The Kier molecular flexibility index (Phi) is 5.86. The Bertz CT molecular complexity index is 88.1. The van der Waals surface area contributed by atoms with Crippen LogP contribution in [0, 0.1) is 0 Å². The monoisotopic (exact) mass is 367 g/mol. The van der Waals surface area contributed by atoms with Crippen molar-refractivity contribution in [2.24, 2.45) is 0 Å². The van der Waals surface area contributed by atoms with Gasteiger partial charge in [0.15, 0.2) is 0 Å². The minimum Gasteiger partial charge on any atom is -0.317 e. The van der Waals surface area contributed by atoms with Crippen molar-refractivity contribution in [3.05, 3.63) is 0 Å². The second-order valence-electron chi connectivity index (χ2n) is 2.80. The minimum atomic E-state index is 0.431. The van der Waals surface area contributed by atoms with Crippen LogP contribution in [-0.2, 0) is 0 Å². The van der Waals surface area contributed by atoms with Crippen molar-refractivity contribution >= 4 is 45.2 Å². The van der Waals surface area contributed by atoms with Crippen LogP contribution in [0.5, 0.6) is 0 Å². The Morgan fingerprint density at radius 2 is 2.00 bits per heavy atom. The molecule has 0 aromatic carbocycles. The van der Waals surface area contributed by atoms with E-state index in [0.717, 1.165) is 0 Å². The molecule has 1 nitrogen and oxygen atoms in total. The molecule has 0 saturated carbocycles. The SMILES string of the molecule is CNC(C)CCC(C)(I)I. The molecule has 3 heteroatoms. The fourth-order valence-electron chi connectivity index (χ4n) is 0.614. The Balaban J connectivity index is 3.36. The van der Waals surface area contributed by atoms with Crippen molar-refractivity contribution in [1.82, 2.24) is 5.32 Å². The van der Waals surface area contributed by atoms with Gasteiger partial charge in [-0.3, -0.25) is 0 Å². The normalized spacial score (nSPS) is 15.3. The van der Waals surface area contributed by atoms with E-state index in [1.807, 2.05) is 7.05 Å². The van der Waals surface area contributed by atoms with E-state index < -0.39 is 0 Å². The number of hydrogen-bond donors (Lipinski definition) is 1. The molecule has 0 spiro atoms. The lowest BCUT2D eigenvalue weighted by molar-refractivity contribution is 0.541. The molecular formula is C7H15I2N. The summed E-state index contributed by atoms with van der Waals surface area (Å²) >= 11 is 4.97. The van der Waals surface area contributed by atoms with E-state index in [2.05, 4.69) is 64.3 Å². The smallest absolute Gasteiger partial charge is 0.0707 e. The first-order valence-electron chi connectivity index (χ1n) is 3.51. The zero-order valence-corrected chi connectivity index (χ0v) is 11.1. The van der Waals surface area contributed by atoms with E-state index in [1.165, 1.54) is 12.8 Å². The maximum absolute atomic E-state index is 3.23. The molecule has 0 fully saturated rings. The minimum absolute atomic E-state index is 0.431. The van der Waals surface area contributed by atoms with Crippen LogP contribution in [0.1, 0.15) is 26.7 Å². The van der Waals surface area contributed by atoms with Crippen LogP contribution in [0.2, 0.25) is 0 Å². The standard InChI is InChI=1S/C7H15I2N/c1-6(10-3)4-5-7(2,8)9/h6,10H,4-5H2,1-3H3. The predicted octanol–water partition coefficient (Wildman–Crippen LogP) is 2.96. The van der Waals surface area contributed by atoms with Crippen molar-refractivity contribution in [3.63, 3.8) is 0 Å². The van der Waals surface area contributed by atoms with Crippen LogP contribution < -0.4 is 5.32 Å². The lowest BCUT2D eigenvalue weighted by Crippen LogP contribution is -2.22. The molecule has 10 heavy (non-hydrogen) atoms. The van der Waals surface area contributed by atoms with Crippen LogP contribution in [0.3, 0.4) is 0 Å². The molecule has 0 aromatic heterocycles. The first-order chi connectivity index (χ1) is 4.45. The van der Waals surface area contributed by atoms with Crippen molar-refractivity contribution in [2.45, 2.75) is 34.2 Å². The largest absolute Gasteiger partial charge is 0.317 e. The van der Waals surface area contributed by atoms with Crippen LogP contribution in [-0.4, -0.2) is 14.5 Å². The summed E-state index contributed by atoms with van der Waals surface area (Å²) in [5.74, 6) is 0. The molecule has 0 aromatic rings. The van der Waals surface area contributed by atoms with Gasteiger partial charge in [0.25, 0.3) is 0 Å². The molecule has 0 heterocycles. The van der Waals surface area contributed by atoms with Crippen LogP contribution in [0.4, 0.5) is 0 Å². The maximum Gasteiger partial charge on any atom is 0.0707 e. The van der Waals surface area contributed by atoms with E-state index in [9.17, 15) is 0 Å². The number of alkyl halides is 2. The van der Waals surface area contributed by atoms with Gasteiger partial charge in [-0.1, -0.05) is 45.2 Å². The summed E-state index contributed by atoms with van der Waals surface area (Å²) in [4.78, 5) is 0. The van der Waals surface area contributed by atoms with E-state index in [0.29, 0.717) is 7.47 Å². The Morgan fingerprint density at radius 1 is 1.50 bits per heavy atom. The molecule has 0 radical (unpaired) electrons. The number of halogens is 2. The van der Waals surface area contributed by atoms with Crippen molar-refractivity contribution in [3.8, 4) is 0 Å². The van der Waals surface area contributed by atoms with Gasteiger partial charge in [-0.2, -0.15) is 0 Å². The lowest BCUT2D eigenvalue weighted by Gasteiger charge is -2.16. The van der Waals surface area contributed by atoms with Gasteiger partial charge in [-0.05, 0) is 33.7 Å². The highest BCUT2D eigenvalue weighted by molar-refractivity contribution is 14.2. The average Bonchev–Trinajstić information content (AvgIpc) is 1.81. The quantitative estimate of drug-likeness (QED) is 0.595.